The first-order chi connectivity index (χ1) is 9.24. The molecule has 0 aromatic heterocycles. The molecule has 0 atom stereocenters. The van der Waals surface area contributed by atoms with Gasteiger partial charge < -0.3 is 0 Å². The van der Waals surface area contributed by atoms with Crippen molar-refractivity contribution in [2.45, 2.75) is 0 Å². The predicted molar refractivity (Wildman–Crippen MR) is 70.0 cm³/mol. The molecule has 3 rings (SSSR count). The van der Waals surface area contributed by atoms with E-state index in [0.717, 1.165) is 0 Å². The lowest BCUT2D eigenvalue weighted by Crippen LogP contribution is -2.20. The van der Waals surface area contributed by atoms with Crippen molar-refractivity contribution in [2.24, 2.45) is 4.36 Å². The molecule has 0 N–H and O–H groups in total. The van der Waals surface area contributed by atoms with E-state index in [1.165, 1.54) is 0 Å². The molecule has 0 spiro atoms. The van der Waals surface area contributed by atoms with Gasteiger partial charge in [-0.05, 0) is 6.07 Å². The van der Waals surface area contributed by atoms with E-state index >= 15 is 0 Å². The molecular weight excluding hydrogens is 262 g/mol. The highest BCUT2D eigenvalue weighted by molar-refractivity contribution is 7.54. The van der Waals surface area contributed by atoms with E-state index in [9.17, 15) is 13.8 Å². The molecular formula is C14H7NO3S. The summed E-state index contributed by atoms with van der Waals surface area (Å²) in [6.07, 6.45) is 0. The molecule has 0 heterocycles. The number of ketones is 2. The Hall–Kier alpha value is -2.40. The Bertz CT molecular complexity index is 776. The maximum atomic E-state index is 12.4. The minimum Gasteiger partial charge on any atom is -0.289 e. The summed E-state index contributed by atoms with van der Waals surface area (Å²) in [5, 5.41) is 0. The molecule has 0 saturated heterocycles. The average Bonchev–Trinajstić information content (AvgIpc) is 2.45. The molecule has 1 aliphatic rings. The van der Waals surface area contributed by atoms with Gasteiger partial charge in [-0.1, -0.05) is 36.4 Å². The van der Waals surface area contributed by atoms with Crippen LogP contribution in [-0.4, -0.2) is 15.8 Å². The van der Waals surface area contributed by atoms with Crippen LogP contribution >= 0.6 is 0 Å². The van der Waals surface area contributed by atoms with E-state index in [4.69, 9.17) is 0 Å². The normalized spacial score (nSPS) is 12.6. The van der Waals surface area contributed by atoms with Crippen LogP contribution < -0.4 is 0 Å². The van der Waals surface area contributed by atoms with Crippen molar-refractivity contribution in [3.63, 3.8) is 0 Å². The molecule has 0 radical (unpaired) electrons. The van der Waals surface area contributed by atoms with Crippen LogP contribution in [0.2, 0.25) is 0 Å². The van der Waals surface area contributed by atoms with Crippen LogP contribution in [0.25, 0.3) is 0 Å². The highest BCUT2D eigenvalue weighted by atomic mass is 32.1. The zero-order valence-corrected chi connectivity index (χ0v) is 10.4. The third kappa shape index (κ3) is 1.67. The van der Waals surface area contributed by atoms with Gasteiger partial charge >= 0.3 is 0 Å². The first-order valence-corrected chi connectivity index (χ1v) is 6.25. The van der Waals surface area contributed by atoms with Crippen LogP contribution in [0.1, 0.15) is 31.8 Å². The van der Waals surface area contributed by atoms with Crippen molar-refractivity contribution < 1.29 is 13.8 Å². The van der Waals surface area contributed by atoms with Gasteiger partial charge in [-0.25, -0.2) is 0 Å². The molecule has 0 unspecified atom stereocenters. The molecule has 0 amide bonds. The second-order valence-corrected chi connectivity index (χ2v) is 4.40. The lowest BCUT2D eigenvalue weighted by molar-refractivity contribution is 0.0979. The van der Waals surface area contributed by atoms with Gasteiger partial charge in [0, 0.05) is 16.7 Å². The quantitative estimate of drug-likeness (QED) is 0.681. The first-order valence-electron chi connectivity index (χ1n) is 5.55. The van der Waals surface area contributed by atoms with Crippen LogP contribution in [0.3, 0.4) is 0 Å². The summed E-state index contributed by atoms with van der Waals surface area (Å²) in [6.45, 7) is 0. The van der Waals surface area contributed by atoms with Gasteiger partial charge in [0.05, 0.1) is 11.3 Å². The minimum atomic E-state index is -0.265. The lowest BCUT2D eigenvalue weighted by atomic mass is 9.83. The summed E-state index contributed by atoms with van der Waals surface area (Å²) in [5.74, 6) is -0.475. The zero-order valence-electron chi connectivity index (χ0n) is 9.62. The summed E-state index contributed by atoms with van der Waals surface area (Å²) in [7, 11) is 0. The second kappa shape index (κ2) is 4.37. The molecule has 2 aromatic carbocycles. The van der Waals surface area contributed by atoms with Crippen molar-refractivity contribution in [3.05, 3.63) is 64.7 Å². The monoisotopic (exact) mass is 269 g/mol. The van der Waals surface area contributed by atoms with Gasteiger partial charge in [0.1, 0.15) is 0 Å². The van der Waals surface area contributed by atoms with Crippen LogP contribution in [0.15, 0.2) is 46.8 Å². The van der Waals surface area contributed by atoms with Gasteiger partial charge in [-0.3, -0.25) is 9.59 Å². The Labute approximate surface area is 112 Å². The third-order valence-electron chi connectivity index (χ3n) is 3.07. The molecule has 0 bridgehead atoms. The molecule has 1 aliphatic carbocycles. The maximum absolute atomic E-state index is 12.4. The highest BCUT2D eigenvalue weighted by Crippen LogP contribution is 2.32. The fourth-order valence-corrected chi connectivity index (χ4v) is 2.48. The second-order valence-electron chi connectivity index (χ2n) is 4.07. The van der Waals surface area contributed by atoms with Crippen LogP contribution in [0.5, 0.6) is 0 Å². The van der Waals surface area contributed by atoms with Gasteiger partial charge in [0.25, 0.3) is 0 Å². The summed E-state index contributed by atoms with van der Waals surface area (Å²) in [5.41, 5.74) is 1.53. The van der Waals surface area contributed by atoms with E-state index in [2.05, 4.69) is 4.36 Å². The van der Waals surface area contributed by atoms with E-state index in [1.807, 2.05) is 0 Å². The lowest BCUT2D eigenvalue weighted by Gasteiger charge is -2.17. The average molecular weight is 269 g/mol. The zero-order chi connectivity index (χ0) is 13.4. The Balaban J connectivity index is 2.36. The summed E-state index contributed by atoms with van der Waals surface area (Å²) in [6, 6.07) is 11.4. The molecule has 5 heteroatoms. The SMILES string of the molecule is O=S=Nc1cccc2c1C(=O)c1ccccc1C2=O. The largest absolute Gasteiger partial charge is 0.289 e. The smallest absolute Gasteiger partial charge is 0.205 e. The third-order valence-corrected chi connectivity index (χ3v) is 3.34. The Morgan fingerprint density at radius 3 is 2.11 bits per heavy atom. The van der Waals surface area contributed by atoms with Gasteiger partial charge in [0.15, 0.2) is 11.6 Å². The number of carbonyl (C=O) groups is 2. The topological polar surface area (TPSA) is 63.6 Å². The Morgan fingerprint density at radius 2 is 1.42 bits per heavy atom. The molecule has 19 heavy (non-hydrogen) atoms. The summed E-state index contributed by atoms with van der Waals surface area (Å²) >= 11 is 0.0236. The van der Waals surface area contributed by atoms with Gasteiger partial charge in [0.2, 0.25) is 11.5 Å². The van der Waals surface area contributed by atoms with Crippen molar-refractivity contribution in [1.82, 2.24) is 0 Å². The molecule has 0 aliphatic heterocycles. The number of carbonyl (C=O) groups excluding carboxylic acids is 2. The van der Waals surface area contributed by atoms with Crippen molar-refractivity contribution in [3.8, 4) is 0 Å². The van der Waals surface area contributed by atoms with E-state index in [0.29, 0.717) is 16.7 Å². The fraction of sp³-hybridized carbons (Fsp3) is 0. The molecule has 0 saturated carbocycles. The number of hydrogen-bond donors (Lipinski definition) is 0. The van der Waals surface area contributed by atoms with E-state index in [-0.39, 0.29) is 34.3 Å². The van der Waals surface area contributed by atoms with Crippen molar-refractivity contribution in [2.75, 3.05) is 0 Å². The van der Waals surface area contributed by atoms with E-state index in [1.54, 1.807) is 42.5 Å². The Kier molecular flexibility index (Phi) is 2.68. The van der Waals surface area contributed by atoms with Crippen LogP contribution in [0, 0.1) is 0 Å². The highest BCUT2D eigenvalue weighted by Gasteiger charge is 2.31. The fourth-order valence-electron chi connectivity index (χ4n) is 2.24. The number of fused-ring (bicyclic) bond motifs is 2. The summed E-state index contributed by atoms with van der Waals surface area (Å²) in [4.78, 5) is 24.8. The van der Waals surface area contributed by atoms with Gasteiger partial charge in [-0.15, -0.1) is 0 Å². The number of hydrogen-bond acceptors (Lipinski definition) is 4. The van der Waals surface area contributed by atoms with Crippen molar-refractivity contribution in [1.29, 1.82) is 0 Å². The number of nitrogens with zero attached hydrogens (tertiary/aromatic N) is 1. The molecule has 4 nitrogen and oxygen atoms in total. The van der Waals surface area contributed by atoms with Gasteiger partial charge in [-0.2, -0.15) is 8.57 Å². The van der Waals surface area contributed by atoms with Crippen molar-refractivity contribution >= 4 is 28.7 Å². The predicted octanol–water partition coefficient (Wildman–Crippen LogP) is 2.49. The number of benzene rings is 2. The summed E-state index contributed by atoms with van der Waals surface area (Å²) < 4.78 is 14.2. The maximum Gasteiger partial charge on any atom is 0.205 e. The van der Waals surface area contributed by atoms with Crippen LogP contribution in [0.4, 0.5) is 5.69 Å². The Morgan fingerprint density at radius 1 is 0.789 bits per heavy atom. The first kappa shape index (κ1) is 11.7. The number of rotatable bonds is 1. The molecule has 2 aromatic rings. The molecule has 0 fully saturated rings. The molecule has 92 valence electrons. The minimum absolute atomic E-state index is 0.0236. The van der Waals surface area contributed by atoms with E-state index < -0.39 is 0 Å². The van der Waals surface area contributed by atoms with Crippen LogP contribution in [-0.2, 0) is 11.5 Å². The standard InChI is InChI=1S/C14H7NO3S/c16-13-8-4-1-2-5-9(8)14(17)12-10(13)6-3-7-11(12)15-19-18/h1-7H.